The number of esters is 1. The van der Waals surface area contributed by atoms with E-state index in [2.05, 4.69) is 13.1 Å². The minimum absolute atomic E-state index is 0.0342. The van der Waals surface area contributed by atoms with Crippen molar-refractivity contribution in [2.24, 2.45) is 5.92 Å². The fourth-order valence-corrected chi connectivity index (χ4v) is 10.8. The van der Waals surface area contributed by atoms with Gasteiger partial charge in [-0.2, -0.15) is 0 Å². The first kappa shape index (κ1) is 17.6. The maximum Gasteiger partial charge on any atom is 0.324 e. The third kappa shape index (κ3) is 5.13. The van der Waals surface area contributed by atoms with Crippen LogP contribution in [0.1, 0.15) is 38.5 Å². The number of epoxide rings is 1. The number of ether oxygens (including phenoxy) is 2. The van der Waals surface area contributed by atoms with Crippen molar-refractivity contribution in [1.29, 1.82) is 0 Å². The molecule has 5 nitrogen and oxygen atoms in total. The summed E-state index contributed by atoms with van der Waals surface area (Å²) in [5.41, 5.74) is 0. The summed E-state index contributed by atoms with van der Waals surface area (Å²) >= 11 is 0. The number of rotatable bonds is 5. The summed E-state index contributed by atoms with van der Waals surface area (Å²) in [4.78, 5) is 12.1. The van der Waals surface area contributed by atoms with Crippen LogP contribution in [-0.4, -0.2) is 49.0 Å². The van der Waals surface area contributed by atoms with Gasteiger partial charge in [-0.1, -0.05) is 6.42 Å². The first-order chi connectivity index (χ1) is 11.1. The van der Waals surface area contributed by atoms with E-state index in [-0.39, 0.29) is 11.9 Å². The summed E-state index contributed by atoms with van der Waals surface area (Å²) < 4.78 is 23.4. The van der Waals surface area contributed by atoms with Crippen LogP contribution in [0, 0.1) is 5.92 Å². The molecule has 1 saturated carbocycles. The molecule has 132 valence electrons. The van der Waals surface area contributed by atoms with Gasteiger partial charge in [0.05, 0.1) is 24.7 Å². The van der Waals surface area contributed by atoms with Crippen molar-refractivity contribution >= 4 is 23.6 Å². The van der Waals surface area contributed by atoms with Gasteiger partial charge in [-0.15, -0.1) is 0 Å². The standard InChI is InChI=1S/C16H30O5Si2/c1-22-10-4-3-9-19-23(2,21-22)11-5-8-18-16(17)13-6-7-14-15(12-13)20-14/h13-15,22H,3-12H2,1-2H3. The molecule has 2 aliphatic heterocycles. The van der Waals surface area contributed by atoms with Gasteiger partial charge < -0.3 is 18.0 Å². The number of carbonyl (C=O) groups is 1. The largest absolute Gasteiger partial charge is 0.465 e. The molecule has 2 heterocycles. The highest BCUT2D eigenvalue weighted by atomic mass is 28.4. The summed E-state index contributed by atoms with van der Waals surface area (Å²) in [6.45, 7) is 5.77. The first-order valence-corrected chi connectivity index (χ1v) is 14.2. The number of hydrogen-bond acceptors (Lipinski definition) is 5. The van der Waals surface area contributed by atoms with E-state index >= 15 is 0 Å². The van der Waals surface area contributed by atoms with Gasteiger partial charge in [-0.05, 0) is 57.3 Å². The SMILES string of the molecule is C[SiH]1CCCCO[Si](C)(CCCOC(=O)C2CCC3OC3C2)O1. The van der Waals surface area contributed by atoms with Gasteiger partial charge in [0.15, 0.2) is 9.04 Å². The van der Waals surface area contributed by atoms with Crippen LogP contribution >= 0.6 is 0 Å². The molecule has 3 fully saturated rings. The molecule has 0 aromatic rings. The van der Waals surface area contributed by atoms with Crippen LogP contribution in [0.25, 0.3) is 0 Å². The molecule has 5 atom stereocenters. The lowest BCUT2D eigenvalue weighted by Crippen LogP contribution is -2.44. The number of fused-ring (bicyclic) bond motifs is 1. The zero-order valence-corrected chi connectivity index (χ0v) is 16.6. The van der Waals surface area contributed by atoms with E-state index in [9.17, 15) is 4.79 Å². The van der Waals surface area contributed by atoms with E-state index in [4.69, 9.17) is 18.0 Å². The van der Waals surface area contributed by atoms with Crippen LogP contribution in [0.2, 0.25) is 25.2 Å². The topological polar surface area (TPSA) is 57.3 Å². The van der Waals surface area contributed by atoms with Crippen molar-refractivity contribution in [3.63, 3.8) is 0 Å². The molecule has 2 saturated heterocycles. The highest BCUT2D eigenvalue weighted by Gasteiger charge is 2.46. The van der Waals surface area contributed by atoms with Gasteiger partial charge in [-0.3, -0.25) is 4.79 Å². The molecule has 3 rings (SSSR count). The van der Waals surface area contributed by atoms with Gasteiger partial charge in [0.25, 0.3) is 0 Å². The zero-order chi connectivity index (χ0) is 16.3. The Morgan fingerprint density at radius 1 is 1.30 bits per heavy atom. The molecule has 0 aromatic heterocycles. The van der Waals surface area contributed by atoms with Crippen molar-refractivity contribution in [2.75, 3.05) is 13.2 Å². The van der Waals surface area contributed by atoms with Crippen LogP contribution in [0.4, 0.5) is 0 Å². The highest BCUT2D eigenvalue weighted by Crippen LogP contribution is 2.39. The Kier molecular flexibility index (Phi) is 5.95. The number of carbonyl (C=O) groups excluding carboxylic acids is 1. The summed E-state index contributed by atoms with van der Waals surface area (Å²) in [5, 5.41) is 0. The molecule has 23 heavy (non-hydrogen) atoms. The molecule has 1 aliphatic carbocycles. The lowest BCUT2D eigenvalue weighted by molar-refractivity contribution is -0.149. The van der Waals surface area contributed by atoms with Crippen molar-refractivity contribution < 1.29 is 22.8 Å². The van der Waals surface area contributed by atoms with E-state index in [1.807, 2.05) is 0 Å². The Bertz CT molecular complexity index is 421. The molecular weight excluding hydrogens is 328 g/mol. The van der Waals surface area contributed by atoms with Crippen molar-refractivity contribution in [2.45, 2.75) is 75.9 Å². The predicted octanol–water partition coefficient (Wildman–Crippen LogP) is 2.74. The average Bonchev–Trinajstić information content (AvgIpc) is 3.27. The zero-order valence-electron chi connectivity index (χ0n) is 14.4. The van der Waals surface area contributed by atoms with E-state index in [1.54, 1.807) is 0 Å². The summed E-state index contributed by atoms with van der Waals surface area (Å²) in [7, 11) is -3.12. The Labute approximate surface area is 142 Å². The van der Waals surface area contributed by atoms with Crippen LogP contribution in [-0.2, 0) is 22.8 Å². The van der Waals surface area contributed by atoms with Crippen LogP contribution in [0.3, 0.4) is 0 Å². The minimum Gasteiger partial charge on any atom is -0.465 e. The molecule has 0 N–H and O–H groups in total. The molecular formula is C16H30O5Si2. The third-order valence-corrected chi connectivity index (χ3v) is 12.1. The molecule has 3 aliphatic rings. The van der Waals surface area contributed by atoms with E-state index < -0.39 is 17.6 Å². The monoisotopic (exact) mass is 358 g/mol. The van der Waals surface area contributed by atoms with Crippen molar-refractivity contribution in [1.82, 2.24) is 0 Å². The van der Waals surface area contributed by atoms with E-state index in [1.165, 1.54) is 12.5 Å². The predicted molar refractivity (Wildman–Crippen MR) is 92.1 cm³/mol. The summed E-state index contributed by atoms with van der Waals surface area (Å²) in [5.74, 6) is 0.0147. The fourth-order valence-electron chi connectivity index (χ4n) is 3.77. The Morgan fingerprint density at radius 3 is 3.00 bits per heavy atom. The van der Waals surface area contributed by atoms with Crippen LogP contribution in [0.5, 0.6) is 0 Å². The first-order valence-electron chi connectivity index (χ1n) is 9.20. The molecule has 5 unspecified atom stereocenters. The fraction of sp³-hybridized carbons (Fsp3) is 0.938. The lowest BCUT2D eigenvalue weighted by atomic mass is 9.89. The lowest BCUT2D eigenvalue weighted by Gasteiger charge is -2.32. The smallest absolute Gasteiger partial charge is 0.324 e. The van der Waals surface area contributed by atoms with Gasteiger partial charge in [-0.25, -0.2) is 0 Å². The van der Waals surface area contributed by atoms with Gasteiger partial charge >= 0.3 is 14.5 Å². The minimum atomic E-state index is -2.05. The van der Waals surface area contributed by atoms with Gasteiger partial charge in [0.1, 0.15) is 0 Å². The third-order valence-electron chi connectivity index (χ3n) is 5.22. The van der Waals surface area contributed by atoms with Crippen molar-refractivity contribution in [3.05, 3.63) is 0 Å². The molecule has 0 aromatic carbocycles. The van der Waals surface area contributed by atoms with Crippen LogP contribution in [0.15, 0.2) is 0 Å². The quantitative estimate of drug-likeness (QED) is 0.327. The molecule has 0 bridgehead atoms. The molecule has 0 radical (unpaired) electrons. The second-order valence-electron chi connectivity index (χ2n) is 7.40. The second kappa shape index (κ2) is 7.78. The summed E-state index contributed by atoms with van der Waals surface area (Å²) in [6, 6.07) is 2.18. The maximum absolute atomic E-state index is 12.1. The Morgan fingerprint density at radius 2 is 2.17 bits per heavy atom. The van der Waals surface area contributed by atoms with Gasteiger partial charge in [0, 0.05) is 6.61 Å². The van der Waals surface area contributed by atoms with E-state index in [0.29, 0.717) is 18.8 Å². The molecule has 0 amide bonds. The van der Waals surface area contributed by atoms with Gasteiger partial charge in [0.2, 0.25) is 0 Å². The summed E-state index contributed by atoms with van der Waals surface area (Å²) in [6.07, 6.45) is 6.80. The Balaban J connectivity index is 1.35. The highest BCUT2D eigenvalue weighted by molar-refractivity contribution is 6.74. The van der Waals surface area contributed by atoms with Crippen molar-refractivity contribution in [3.8, 4) is 0 Å². The van der Waals surface area contributed by atoms with Crippen LogP contribution < -0.4 is 0 Å². The average molecular weight is 359 g/mol. The van der Waals surface area contributed by atoms with E-state index in [0.717, 1.165) is 44.8 Å². The Hall–Kier alpha value is -0.216. The number of hydrogen-bond donors (Lipinski definition) is 0. The molecule has 0 spiro atoms. The molecule has 7 heteroatoms. The second-order valence-corrected chi connectivity index (χ2v) is 13.6. The maximum atomic E-state index is 12.1. The normalized spacial score (nSPS) is 40.6.